The smallest absolute Gasteiger partial charge is 0.407 e. The first-order valence-corrected chi connectivity index (χ1v) is 11.6. The summed E-state index contributed by atoms with van der Waals surface area (Å²) in [6.45, 7) is 7.42. The standard InChI is InChI=1S/C24H41NO6/c1-2-3-4-5-6-10-14-27-16-18-29-20-21-30-19-17-28-15-13-25-24(26)31-22-23-11-8-7-9-12-23/h7-9,11-12H,2-6,10,13-22H2,1H3,(H,25,26). The molecule has 0 saturated carbocycles. The summed E-state index contributed by atoms with van der Waals surface area (Å²) in [7, 11) is 0. The van der Waals surface area contributed by atoms with Gasteiger partial charge in [-0.2, -0.15) is 0 Å². The minimum atomic E-state index is -0.447. The van der Waals surface area contributed by atoms with Crippen LogP contribution in [-0.2, 0) is 30.3 Å². The Morgan fingerprint density at radius 1 is 0.710 bits per heavy atom. The molecule has 7 heteroatoms. The fourth-order valence-corrected chi connectivity index (χ4v) is 2.75. The largest absolute Gasteiger partial charge is 0.445 e. The fraction of sp³-hybridized carbons (Fsp3) is 0.708. The maximum Gasteiger partial charge on any atom is 0.407 e. The molecule has 1 aromatic rings. The molecule has 0 spiro atoms. The Kier molecular flexibility index (Phi) is 19.0. The Morgan fingerprint density at radius 2 is 1.26 bits per heavy atom. The van der Waals surface area contributed by atoms with E-state index < -0.39 is 6.09 Å². The minimum Gasteiger partial charge on any atom is -0.445 e. The van der Waals surface area contributed by atoms with Crippen molar-refractivity contribution in [1.29, 1.82) is 0 Å². The fourth-order valence-electron chi connectivity index (χ4n) is 2.75. The molecule has 0 bridgehead atoms. The molecular weight excluding hydrogens is 398 g/mol. The number of benzene rings is 1. The summed E-state index contributed by atoms with van der Waals surface area (Å²) >= 11 is 0. The van der Waals surface area contributed by atoms with Gasteiger partial charge in [-0.25, -0.2) is 4.79 Å². The highest BCUT2D eigenvalue weighted by atomic mass is 16.6. The summed E-state index contributed by atoms with van der Waals surface area (Å²) in [5.41, 5.74) is 0.954. The van der Waals surface area contributed by atoms with Crippen LogP contribution in [0.5, 0.6) is 0 Å². The molecule has 178 valence electrons. The van der Waals surface area contributed by atoms with Gasteiger partial charge < -0.3 is 29.0 Å². The van der Waals surface area contributed by atoms with Crippen LogP contribution >= 0.6 is 0 Å². The Hall–Kier alpha value is -1.67. The zero-order valence-corrected chi connectivity index (χ0v) is 19.1. The highest BCUT2D eigenvalue weighted by Crippen LogP contribution is 2.04. The van der Waals surface area contributed by atoms with Crippen molar-refractivity contribution >= 4 is 6.09 Å². The van der Waals surface area contributed by atoms with Crippen molar-refractivity contribution < 1.29 is 28.5 Å². The molecule has 0 heterocycles. The molecule has 0 aliphatic carbocycles. The first-order valence-electron chi connectivity index (χ1n) is 11.6. The molecule has 31 heavy (non-hydrogen) atoms. The number of hydrogen-bond donors (Lipinski definition) is 1. The molecule has 0 atom stereocenters. The van der Waals surface area contributed by atoms with Gasteiger partial charge in [0.05, 0.1) is 46.2 Å². The van der Waals surface area contributed by atoms with Crippen molar-refractivity contribution in [2.24, 2.45) is 0 Å². The van der Waals surface area contributed by atoms with Crippen LogP contribution in [-0.4, -0.2) is 65.5 Å². The van der Waals surface area contributed by atoms with Crippen molar-refractivity contribution in [3.8, 4) is 0 Å². The number of ether oxygens (including phenoxy) is 5. The van der Waals surface area contributed by atoms with Gasteiger partial charge >= 0.3 is 6.09 Å². The van der Waals surface area contributed by atoms with Crippen LogP contribution < -0.4 is 5.32 Å². The summed E-state index contributed by atoms with van der Waals surface area (Å²) in [6.07, 6.45) is 7.22. The maximum atomic E-state index is 11.6. The molecular formula is C24H41NO6. The van der Waals surface area contributed by atoms with Gasteiger partial charge in [0, 0.05) is 13.2 Å². The van der Waals surface area contributed by atoms with Gasteiger partial charge in [0.25, 0.3) is 0 Å². The second-order valence-corrected chi connectivity index (χ2v) is 7.21. The van der Waals surface area contributed by atoms with Crippen LogP contribution in [0.2, 0.25) is 0 Å². The quantitative estimate of drug-likeness (QED) is 0.287. The van der Waals surface area contributed by atoms with Gasteiger partial charge in [0.2, 0.25) is 0 Å². The molecule has 0 aromatic heterocycles. The van der Waals surface area contributed by atoms with Gasteiger partial charge in [0.1, 0.15) is 6.61 Å². The average molecular weight is 440 g/mol. The molecule has 7 nitrogen and oxygen atoms in total. The first-order chi connectivity index (χ1) is 15.3. The summed E-state index contributed by atoms with van der Waals surface area (Å²) in [5.74, 6) is 0. The predicted octanol–water partition coefficient (Wildman–Crippen LogP) is 4.34. The summed E-state index contributed by atoms with van der Waals surface area (Å²) in [4.78, 5) is 11.6. The highest BCUT2D eigenvalue weighted by Gasteiger charge is 2.01. The Labute approximate surface area is 187 Å². The number of carbonyl (C=O) groups is 1. The zero-order valence-electron chi connectivity index (χ0n) is 19.1. The topological polar surface area (TPSA) is 75.3 Å². The molecule has 0 aliphatic heterocycles. The lowest BCUT2D eigenvalue weighted by Gasteiger charge is -2.09. The number of unbranched alkanes of at least 4 members (excludes halogenated alkanes) is 5. The zero-order chi connectivity index (χ0) is 22.2. The van der Waals surface area contributed by atoms with Crippen molar-refractivity contribution in [2.45, 2.75) is 52.1 Å². The lowest BCUT2D eigenvalue weighted by Crippen LogP contribution is -2.28. The molecule has 0 unspecified atom stereocenters. The molecule has 1 amide bonds. The van der Waals surface area contributed by atoms with Crippen LogP contribution in [0, 0.1) is 0 Å². The van der Waals surface area contributed by atoms with Crippen molar-refractivity contribution in [2.75, 3.05) is 59.4 Å². The van der Waals surface area contributed by atoms with Crippen LogP contribution in [0.1, 0.15) is 51.0 Å². The number of nitrogens with one attached hydrogen (secondary N) is 1. The third kappa shape index (κ3) is 18.8. The normalized spacial score (nSPS) is 10.9. The van der Waals surface area contributed by atoms with Crippen molar-refractivity contribution in [1.82, 2.24) is 5.32 Å². The second-order valence-electron chi connectivity index (χ2n) is 7.21. The SMILES string of the molecule is CCCCCCCCOCCOCCOCCOCCNC(=O)OCc1ccccc1. The van der Waals surface area contributed by atoms with E-state index in [-0.39, 0.29) is 6.61 Å². The Balaban J connectivity index is 1.72. The number of alkyl carbamates (subject to hydrolysis) is 1. The van der Waals surface area contributed by atoms with Crippen molar-refractivity contribution in [3.63, 3.8) is 0 Å². The van der Waals surface area contributed by atoms with Crippen LogP contribution in [0.4, 0.5) is 4.79 Å². The van der Waals surface area contributed by atoms with E-state index in [1.165, 1.54) is 32.1 Å². The van der Waals surface area contributed by atoms with Crippen LogP contribution in [0.3, 0.4) is 0 Å². The summed E-state index contributed by atoms with van der Waals surface area (Å²) in [6, 6.07) is 9.56. The summed E-state index contributed by atoms with van der Waals surface area (Å²) in [5, 5.41) is 2.65. The van der Waals surface area contributed by atoms with Crippen molar-refractivity contribution in [3.05, 3.63) is 35.9 Å². The molecule has 0 aliphatic rings. The highest BCUT2D eigenvalue weighted by molar-refractivity contribution is 5.67. The molecule has 0 saturated heterocycles. The van der Waals surface area contributed by atoms with Gasteiger partial charge in [-0.15, -0.1) is 0 Å². The number of hydrogen-bond acceptors (Lipinski definition) is 6. The van der Waals surface area contributed by atoms with E-state index in [0.29, 0.717) is 52.8 Å². The van der Waals surface area contributed by atoms with E-state index in [0.717, 1.165) is 18.6 Å². The van der Waals surface area contributed by atoms with Gasteiger partial charge in [0.15, 0.2) is 0 Å². The maximum absolute atomic E-state index is 11.6. The molecule has 0 fully saturated rings. The third-order valence-corrected chi connectivity index (χ3v) is 4.49. The van der Waals surface area contributed by atoms with Gasteiger partial charge in [-0.05, 0) is 12.0 Å². The Morgan fingerprint density at radius 3 is 1.90 bits per heavy atom. The average Bonchev–Trinajstić information content (AvgIpc) is 2.80. The van der Waals surface area contributed by atoms with Crippen LogP contribution in [0.15, 0.2) is 30.3 Å². The van der Waals surface area contributed by atoms with Gasteiger partial charge in [-0.3, -0.25) is 0 Å². The number of carbonyl (C=O) groups excluding carboxylic acids is 1. The molecule has 1 rings (SSSR count). The number of amides is 1. The third-order valence-electron chi connectivity index (χ3n) is 4.49. The minimum absolute atomic E-state index is 0.259. The van der Waals surface area contributed by atoms with E-state index in [2.05, 4.69) is 12.2 Å². The Bertz CT molecular complexity index is 514. The van der Waals surface area contributed by atoms with E-state index in [1.54, 1.807) is 0 Å². The number of rotatable bonds is 21. The van der Waals surface area contributed by atoms with E-state index in [1.807, 2.05) is 30.3 Å². The predicted molar refractivity (Wildman–Crippen MR) is 121 cm³/mol. The first kappa shape index (κ1) is 27.4. The van der Waals surface area contributed by atoms with E-state index >= 15 is 0 Å². The van der Waals surface area contributed by atoms with Crippen LogP contribution in [0.25, 0.3) is 0 Å². The molecule has 1 N–H and O–H groups in total. The lowest BCUT2D eigenvalue weighted by molar-refractivity contribution is -0.00182. The molecule has 1 aromatic carbocycles. The van der Waals surface area contributed by atoms with Gasteiger partial charge in [-0.1, -0.05) is 69.4 Å². The summed E-state index contributed by atoms with van der Waals surface area (Å²) < 4.78 is 27.0. The monoisotopic (exact) mass is 439 g/mol. The van der Waals surface area contributed by atoms with E-state index in [9.17, 15) is 4.79 Å². The van der Waals surface area contributed by atoms with E-state index in [4.69, 9.17) is 23.7 Å². The molecule has 0 radical (unpaired) electrons. The lowest BCUT2D eigenvalue weighted by atomic mass is 10.1. The second kappa shape index (κ2) is 21.6.